The molecular formula is C20H24N2O4. The maximum Gasteiger partial charge on any atom is 0.419 e. The van der Waals surface area contributed by atoms with Gasteiger partial charge >= 0.3 is 6.09 Å². The first-order valence-corrected chi connectivity index (χ1v) is 8.64. The van der Waals surface area contributed by atoms with E-state index in [2.05, 4.69) is 4.98 Å². The molecule has 0 atom stereocenters. The van der Waals surface area contributed by atoms with Gasteiger partial charge in [-0.05, 0) is 51.3 Å². The Bertz CT molecular complexity index is 954. The van der Waals surface area contributed by atoms with Crippen molar-refractivity contribution in [2.45, 2.75) is 39.2 Å². The second-order valence-corrected chi connectivity index (χ2v) is 7.30. The Kier molecular flexibility index (Phi) is 4.87. The number of methoxy groups -OCH3 is 1. The third kappa shape index (κ3) is 3.51. The highest BCUT2D eigenvalue weighted by molar-refractivity contribution is 6.12. The normalized spacial score (nSPS) is 12.0. The molecule has 1 aromatic carbocycles. The van der Waals surface area contributed by atoms with E-state index in [0.29, 0.717) is 24.1 Å². The predicted molar refractivity (Wildman–Crippen MR) is 101 cm³/mol. The van der Waals surface area contributed by atoms with Crippen molar-refractivity contribution in [3.8, 4) is 5.75 Å². The number of hydrogen-bond donors (Lipinski definition) is 1. The number of ether oxygens (including phenoxy) is 2. The lowest BCUT2D eigenvalue weighted by molar-refractivity contribution is 0.0551. The summed E-state index contributed by atoms with van der Waals surface area (Å²) < 4.78 is 12.1. The van der Waals surface area contributed by atoms with E-state index in [0.717, 1.165) is 22.8 Å². The van der Waals surface area contributed by atoms with Gasteiger partial charge in [-0.25, -0.2) is 9.36 Å². The fourth-order valence-corrected chi connectivity index (χ4v) is 3.05. The van der Waals surface area contributed by atoms with Crippen molar-refractivity contribution in [3.63, 3.8) is 0 Å². The minimum Gasteiger partial charge on any atom is -0.508 e. The van der Waals surface area contributed by atoms with Gasteiger partial charge in [-0.2, -0.15) is 0 Å². The Balaban J connectivity index is 2.17. The van der Waals surface area contributed by atoms with E-state index < -0.39 is 11.7 Å². The maximum absolute atomic E-state index is 12.8. The van der Waals surface area contributed by atoms with E-state index in [1.165, 1.54) is 4.57 Å². The Morgan fingerprint density at radius 3 is 2.69 bits per heavy atom. The molecule has 3 rings (SSSR count). The largest absolute Gasteiger partial charge is 0.508 e. The molecule has 0 spiro atoms. The van der Waals surface area contributed by atoms with Gasteiger partial charge in [0.2, 0.25) is 0 Å². The number of phenolic OH excluding ortho intramolecular Hbond substituents is 1. The van der Waals surface area contributed by atoms with Crippen LogP contribution in [-0.2, 0) is 15.9 Å². The van der Waals surface area contributed by atoms with Crippen LogP contribution in [0, 0.1) is 0 Å². The highest BCUT2D eigenvalue weighted by Crippen LogP contribution is 2.34. The first-order valence-electron chi connectivity index (χ1n) is 8.64. The van der Waals surface area contributed by atoms with Gasteiger partial charge in [0.05, 0.1) is 11.0 Å². The quantitative estimate of drug-likeness (QED) is 0.707. The third-order valence-electron chi connectivity index (χ3n) is 4.14. The van der Waals surface area contributed by atoms with Crippen molar-refractivity contribution in [3.05, 3.63) is 36.2 Å². The number of fused-ring (bicyclic) bond motifs is 3. The molecule has 2 aromatic heterocycles. The van der Waals surface area contributed by atoms with Crippen molar-refractivity contribution >= 4 is 27.9 Å². The minimum atomic E-state index is -0.616. The summed E-state index contributed by atoms with van der Waals surface area (Å²) in [5.74, 6) is 0.161. The number of benzene rings is 1. The van der Waals surface area contributed by atoms with Crippen LogP contribution in [0.1, 0.15) is 32.8 Å². The Labute approximate surface area is 152 Å². The van der Waals surface area contributed by atoms with Gasteiger partial charge in [0.25, 0.3) is 0 Å². The molecule has 138 valence electrons. The van der Waals surface area contributed by atoms with E-state index in [4.69, 9.17) is 9.47 Å². The standard InChI is InChI=1S/C20H24N2O4/c1-20(2,3)26-19(24)22-16-7-8-21-12-15(16)14-10-13(6-5-9-25-4)18(23)11-17(14)22/h7-8,10-12,23H,5-6,9H2,1-4H3. The van der Waals surface area contributed by atoms with E-state index in [-0.39, 0.29) is 5.75 Å². The third-order valence-corrected chi connectivity index (χ3v) is 4.14. The van der Waals surface area contributed by atoms with Gasteiger partial charge in [0, 0.05) is 42.9 Å². The summed E-state index contributed by atoms with van der Waals surface area (Å²) in [7, 11) is 1.66. The lowest BCUT2D eigenvalue weighted by atomic mass is 10.1. The average molecular weight is 356 g/mol. The summed E-state index contributed by atoms with van der Waals surface area (Å²) >= 11 is 0. The first kappa shape index (κ1) is 18.2. The van der Waals surface area contributed by atoms with Gasteiger partial charge in [0.15, 0.2) is 0 Å². The summed E-state index contributed by atoms with van der Waals surface area (Å²) in [5.41, 5.74) is 1.52. The zero-order valence-electron chi connectivity index (χ0n) is 15.6. The molecule has 0 aliphatic heterocycles. The number of aromatic hydroxyl groups is 1. The van der Waals surface area contributed by atoms with Crippen LogP contribution < -0.4 is 0 Å². The Hall–Kier alpha value is -2.60. The number of phenols is 1. The summed E-state index contributed by atoms with van der Waals surface area (Å²) in [6, 6.07) is 5.33. The molecule has 0 unspecified atom stereocenters. The molecule has 0 saturated heterocycles. The second-order valence-electron chi connectivity index (χ2n) is 7.30. The van der Waals surface area contributed by atoms with E-state index in [1.807, 2.05) is 26.8 Å². The molecule has 0 aliphatic rings. The Morgan fingerprint density at radius 1 is 1.23 bits per heavy atom. The number of aromatic nitrogens is 2. The van der Waals surface area contributed by atoms with Gasteiger partial charge in [-0.1, -0.05) is 0 Å². The molecule has 0 aliphatic carbocycles. The Morgan fingerprint density at radius 2 is 2.00 bits per heavy atom. The second kappa shape index (κ2) is 6.96. The van der Waals surface area contributed by atoms with Crippen molar-refractivity contribution < 1.29 is 19.4 Å². The van der Waals surface area contributed by atoms with Gasteiger partial charge in [-0.15, -0.1) is 0 Å². The molecule has 26 heavy (non-hydrogen) atoms. The lowest BCUT2D eigenvalue weighted by Gasteiger charge is -2.20. The summed E-state index contributed by atoms with van der Waals surface area (Å²) in [6.45, 7) is 6.10. The molecule has 0 bridgehead atoms. The fourth-order valence-electron chi connectivity index (χ4n) is 3.05. The number of pyridine rings is 1. The molecule has 0 radical (unpaired) electrons. The number of hydrogen-bond acceptors (Lipinski definition) is 5. The molecule has 0 saturated carbocycles. The molecular weight excluding hydrogens is 332 g/mol. The number of carbonyl (C=O) groups excluding carboxylic acids is 1. The highest BCUT2D eigenvalue weighted by Gasteiger charge is 2.23. The number of aryl methyl sites for hydroxylation is 1. The first-order chi connectivity index (χ1) is 12.3. The van der Waals surface area contributed by atoms with Crippen molar-refractivity contribution in [1.29, 1.82) is 0 Å². The predicted octanol–water partition coefficient (Wildman–Crippen LogP) is 4.26. The van der Waals surface area contributed by atoms with Crippen LogP contribution in [0.4, 0.5) is 4.79 Å². The summed E-state index contributed by atoms with van der Waals surface area (Å²) in [4.78, 5) is 17.0. The SMILES string of the molecule is COCCCc1cc2c3cnccc3n(C(=O)OC(C)(C)C)c2cc1O. The van der Waals surface area contributed by atoms with E-state index in [9.17, 15) is 9.90 Å². The van der Waals surface area contributed by atoms with Crippen molar-refractivity contribution in [2.75, 3.05) is 13.7 Å². The van der Waals surface area contributed by atoms with Crippen LogP contribution in [0.3, 0.4) is 0 Å². The number of rotatable bonds is 4. The van der Waals surface area contributed by atoms with Crippen LogP contribution >= 0.6 is 0 Å². The fraction of sp³-hybridized carbons (Fsp3) is 0.400. The van der Waals surface area contributed by atoms with Crippen LogP contribution in [0.25, 0.3) is 21.8 Å². The zero-order valence-corrected chi connectivity index (χ0v) is 15.6. The summed E-state index contributed by atoms with van der Waals surface area (Å²) in [6.07, 6.45) is 4.39. The monoisotopic (exact) mass is 356 g/mol. The molecule has 3 aromatic rings. The van der Waals surface area contributed by atoms with Crippen molar-refractivity contribution in [2.24, 2.45) is 0 Å². The number of nitrogens with zero attached hydrogens (tertiary/aromatic N) is 2. The highest BCUT2D eigenvalue weighted by atomic mass is 16.6. The topological polar surface area (TPSA) is 73.6 Å². The minimum absolute atomic E-state index is 0.161. The summed E-state index contributed by atoms with van der Waals surface area (Å²) in [5, 5.41) is 12.2. The van der Waals surface area contributed by atoms with Gasteiger partial charge in [-0.3, -0.25) is 4.98 Å². The maximum atomic E-state index is 12.8. The lowest BCUT2D eigenvalue weighted by Crippen LogP contribution is -2.27. The van der Waals surface area contributed by atoms with Crippen molar-refractivity contribution in [1.82, 2.24) is 9.55 Å². The average Bonchev–Trinajstić information content (AvgIpc) is 2.87. The smallest absolute Gasteiger partial charge is 0.419 e. The molecule has 0 fully saturated rings. The number of carbonyl (C=O) groups is 1. The van der Waals surface area contributed by atoms with E-state index in [1.54, 1.807) is 31.6 Å². The molecule has 0 amide bonds. The van der Waals surface area contributed by atoms with Crippen LogP contribution in [0.5, 0.6) is 5.75 Å². The van der Waals surface area contributed by atoms with Crippen LogP contribution in [-0.4, -0.2) is 40.1 Å². The van der Waals surface area contributed by atoms with E-state index >= 15 is 0 Å². The van der Waals surface area contributed by atoms with Gasteiger partial charge in [0.1, 0.15) is 11.4 Å². The van der Waals surface area contributed by atoms with Crippen LogP contribution in [0.2, 0.25) is 0 Å². The molecule has 2 heterocycles. The molecule has 6 nitrogen and oxygen atoms in total. The zero-order chi connectivity index (χ0) is 18.9. The van der Waals surface area contributed by atoms with Gasteiger partial charge < -0.3 is 14.6 Å². The molecule has 6 heteroatoms. The van der Waals surface area contributed by atoms with Crippen LogP contribution in [0.15, 0.2) is 30.6 Å². The molecule has 1 N–H and O–H groups in total.